The molecule has 0 radical (unpaired) electrons. The highest BCUT2D eigenvalue weighted by Crippen LogP contribution is 2.28. The highest BCUT2D eigenvalue weighted by Gasteiger charge is 2.09. The maximum atomic E-state index is 9.27. The maximum absolute atomic E-state index is 9.27. The molecule has 0 fully saturated rings. The fraction of sp³-hybridized carbons (Fsp3) is 0.538. The van der Waals surface area contributed by atoms with E-state index in [2.05, 4.69) is 0 Å². The summed E-state index contributed by atoms with van der Waals surface area (Å²) < 4.78 is 16.0. The molecule has 1 aromatic carbocycles. The van der Waals surface area contributed by atoms with Gasteiger partial charge in [-0.3, -0.25) is 0 Å². The Morgan fingerprint density at radius 2 is 1.47 bits per heavy atom. The predicted octanol–water partition coefficient (Wildman–Crippen LogP) is 2.24. The molecule has 1 rings (SSSR count). The van der Waals surface area contributed by atoms with Crippen LogP contribution in [0, 0.1) is 0 Å². The summed E-state index contributed by atoms with van der Waals surface area (Å²) in [5.74, 6) is 2.04. The minimum atomic E-state index is -0.377. The Labute approximate surface area is 102 Å². The number of aliphatic hydroxyl groups is 1. The zero-order valence-corrected chi connectivity index (χ0v) is 10.8. The number of aliphatic hydroxyl groups excluding tert-OH is 1. The lowest BCUT2D eigenvalue weighted by Gasteiger charge is -2.17. The van der Waals surface area contributed by atoms with Gasteiger partial charge in [0.25, 0.3) is 0 Å². The molecule has 0 aliphatic heterocycles. The highest BCUT2D eigenvalue weighted by molar-refractivity contribution is 5.42. The summed E-state index contributed by atoms with van der Waals surface area (Å²) in [6.07, 6.45) is 0.142. The molecule has 1 aromatic rings. The molecular formula is C13H20O4. The third kappa shape index (κ3) is 4.53. The van der Waals surface area contributed by atoms with Crippen molar-refractivity contribution in [1.29, 1.82) is 0 Å². The molecule has 0 spiro atoms. The van der Waals surface area contributed by atoms with Gasteiger partial charge in [-0.25, -0.2) is 0 Å². The van der Waals surface area contributed by atoms with Crippen molar-refractivity contribution in [3.63, 3.8) is 0 Å². The summed E-state index contributed by atoms with van der Waals surface area (Å²) in [6, 6.07) is 5.37. The summed E-state index contributed by atoms with van der Waals surface area (Å²) in [6.45, 7) is 3.66. The van der Waals surface area contributed by atoms with E-state index in [9.17, 15) is 5.11 Å². The first kappa shape index (κ1) is 13.6. The summed E-state index contributed by atoms with van der Waals surface area (Å²) >= 11 is 0. The van der Waals surface area contributed by atoms with Crippen molar-refractivity contribution in [1.82, 2.24) is 0 Å². The largest absolute Gasteiger partial charge is 0.496 e. The van der Waals surface area contributed by atoms with Gasteiger partial charge in [0.15, 0.2) is 0 Å². The average molecular weight is 240 g/mol. The Kier molecular flexibility index (Phi) is 5.10. The number of benzene rings is 1. The van der Waals surface area contributed by atoms with Gasteiger partial charge in [0.1, 0.15) is 17.2 Å². The van der Waals surface area contributed by atoms with E-state index in [1.54, 1.807) is 39.3 Å². The van der Waals surface area contributed by atoms with Gasteiger partial charge in [0.05, 0.1) is 26.4 Å². The summed E-state index contributed by atoms with van der Waals surface area (Å²) in [5.41, 5.74) is 0. The summed E-state index contributed by atoms with van der Waals surface area (Å²) in [7, 11) is 3.19. The van der Waals surface area contributed by atoms with Crippen LogP contribution in [0.3, 0.4) is 0 Å². The van der Waals surface area contributed by atoms with E-state index in [4.69, 9.17) is 14.2 Å². The van der Waals surface area contributed by atoms with Crippen LogP contribution in [0.5, 0.6) is 17.2 Å². The molecule has 0 unspecified atom stereocenters. The smallest absolute Gasteiger partial charge is 0.127 e. The number of hydrogen-bond donors (Lipinski definition) is 1. The van der Waals surface area contributed by atoms with Gasteiger partial charge in [0, 0.05) is 24.6 Å². The molecule has 0 aromatic heterocycles. The van der Waals surface area contributed by atoms with Crippen LogP contribution in [0.2, 0.25) is 0 Å². The minimum absolute atomic E-state index is 0.0631. The van der Waals surface area contributed by atoms with Crippen LogP contribution in [0.1, 0.15) is 20.3 Å². The van der Waals surface area contributed by atoms with Crippen molar-refractivity contribution >= 4 is 0 Å². The van der Waals surface area contributed by atoms with E-state index in [0.29, 0.717) is 23.7 Å². The molecule has 4 nitrogen and oxygen atoms in total. The van der Waals surface area contributed by atoms with Gasteiger partial charge in [-0.2, -0.15) is 0 Å². The lowest BCUT2D eigenvalue weighted by Crippen LogP contribution is -2.18. The monoisotopic (exact) mass is 240 g/mol. The molecule has 0 amide bonds. The van der Waals surface area contributed by atoms with Crippen LogP contribution in [0.25, 0.3) is 0 Å². The zero-order valence-electron chi connectivity index (χ0n) is 10.8. The quantitative estimate of drug-likeness (QED) is 0.828. The Bertz CT molecular complexity index is 327. The molecule has 0 bridgehead atoms. The van der Waals surface area contributed by atoms with Gasteiger partial charge in [0.2, 0.25) is 0 Å². The van der Waals surface area contributed by atoms with Crippen LogP contribution >= 0.6 is 0 Å². The van der Waals surface area contributed by atoms with Crippen molar-refractivity contribution in [2.24, 2.45) is 0 Å². The van der Waals surface area contributed by atoms with Crippen LogP contribution in [0.4, 0.5) is 0 Å². The van der Waals surface area contributed by atoms with Gasteiger partial charge in [-0.15, -0.1) is 0 Å². The molecule has 0 heterocycles. The van der Waals surface area contributed by atoms with E-state index in [0.717, 1.165) is 0 Å². The first-order valence-electron chi connectivity index (χ1n) is 5.63. The first-order valence-corrected chi connectivity index (χ1v) is 5.63. The van der Waals surface area contributed by atoms with Gasteiger partial charge in [-0.05, 0) is 13.8 Å². The third-order valence-electron chi connectivity index (χ3n) is 2.34. The van der Waals surface area contributed by atoms with Gasteiger partial charge >= 0.3 is 0 Å². The fourth-order valence-electron chi connectivity index (χ4n) is 1.61. The SMILES string of the molecule is COc1cc(OC)cc(O[C@@H](C)C[C@@H](C)O)c1. The molecule has 96 valence electrons. The lowest BCUT2D eigenvalue weighted by molar-refractivity contribution is 0.115. The van der Waals surface area contributed by atoms with Crippen molar-refractivity contribution < 1.29 is 19.3 Å². The molecule has 0 aliphatic rings. The molecule has 0 aliphatic carbocycles. The second-order valence-corrected chi connectivity index (χ2v) is 4.06. The molecular weight excluding hydrogens is 220 g/mol. The van der Waals surface area contributed by atoms with Crippen LogP contribution in [-0.2, 0) is 0 Å². The van der Waals surface area contributed by atoms with Crippen molar-refractivity contribution in [3.05, 3.63) is 18.2 Å². The Hall–Kier alpha value is -1.42. The summed E-state index contributed by atoms with van der Waals surface area (Å²) in [5, 5.41) is 9.27. The molecule has 0 saturated carbocycles. The molecule has 2 atom stereocenters. The average Bonchev–Trinajstić information content (AvgIpc) is 2.27. The zero-order chi connectivity index (χ0) is 12.8. The van der Waals surface area contributed by atoms with Crippen molar-refractivity contribution in [2.75, 3.05) is 14.2 Å². The number of rotatable bonds is 6. The van der Waals surface area contributed by atoms with Crippen molar-refractivity contribution in [2.45, 2.75) is 32.5 Å². The molecule has 1 N–H and O–H groups in total. The number of methoxy groups -OCH3 is 2. The van der Waals surface area contributed by atoms with E-state index < -0.39 is 0 Å². The number of ether oxygens (including phenoxy) is 3. The second kappa shape index (κ2) is 6.35. The van der Waals surface area contributed by atoms with E-state index in [-0.39, 0.29) is 12.2 Å². The third-order valence-corrected chi connectivity index (χ3v) is 2.34. The van der Waals surface area contributed by atoms with Crippen LogP contribution in [0.15, 0.2) is 18.2 Å². The van der Waals surface area contributed by atoms with E-state index in [1.165, 1.54) is 0 Å². The Morgan fingerprint density at radius 1 is 1.00 bits per heavy atom. The standard InChI is InChI=1S/C13H20O4/c1-9(14)5-10(2)17-13-7-11(15-3)6-12(8-13)16-4/h6-10,14H,5H2,1-4H3/t9-,10+/m1/s1. The highest BCUT2D eigenvalue weighted by atomic mass is 16.5. The van der Waals surface area contributed by atoms with Crippen LogP contribution in [-0.4, -0.2) is 31.5 Å². The Morgan fingerprint density at radius 3 is 1.88 bits per heavy atom. The lowest BCUT2D eigenvalue weighted by atomic mass is 10.2. The maximum Gasteiger partial charge on any atom is 0.127 e. The van der Waals surface area contributed by atoms with Gasteiger partial charge < -0.3 is 19.3 Å². The topological polar surface area (TPSA) is 47.9 Å². The predicted molar refractivity (Wildman–Crippen MR) is 65.9 cm³/mol. The minimum Gasteiger partial charge on any atom is -0.496 e. The van der Waals surface area contributed by atoms with Crippen molar-refractivity contribution in [3.8, 4) is 17.2 Å². The normalized spacial score (nSPS) is 13.9. The first-order chi connectivity index (χ1) is 8.05. The van der Waals surface area contributed by atoms with Crippen LogP contribution < -0.4 is 14.2 Å². The molecule has 0 saturated heterocycles. The van der Waals surface area contributed by atoms with E-state index in [1.807, 2.05) is 6.92 Å². The summed E-state index contributed by atoms with van der Waals surface area (Å²) in [4.78, 5) is 0. The Balaban J connectivity index is 2.75. The number of hydrogen-bond acceptors (Lipinski definition) is 4. The fourth-order valence-corrected chi connectivity index (χ4v) is 1.61. The molecule has 17 heavy (non-hydrogen) atoms. The van der Waals surface area contributed by atoms with E-state index >= 15 is 0 Å². The van der Waals surface area contributed by atoms with Gasteiger partial charge in [-0.1, -0.05) is 0 Å². The molecule has 4 heteroatoms. The second-order valence-electron chi connectivity index (χ2n) is 4.06.